The van der Waals surface area contributed by atoms with Crippen molar-refractivity contribution in [3.05, 3.63) is 61.2 Å². The van der Waals surface area contributed by atoms with Gasteiger partial charge in [0.05, 0.1) is 35.8 Å². The van der Waals surface area contributed by atoms with Crippen LogP contribution in [-0.2, 0) is 19.1 Å². The van der Waals surface area contributed by atoms with Gasteiger partial charge in [-0.25, -0.2) is 0 Å². The molecule has 3 aliphatic heterocycles. The van der Waals surface area contributed by atoms with E-state index in [1.54, 1.807) is 33.7 Å². The Balaban J connectivity index is 1.75. The van der Waals surface area contributed by atoms with Crippen molar-refractivity contribution in [2.75, 3.05) is 26.3 Å². The molecular formula is C30H40N2O5S. The van der Waals surface area contributed by atoms with Crippen molar-refractivity contribution in [2.24, 2.45) is 11.8 Å². The molecule has 3 aliphatic rings. The molecule has 2 amide bonds. The second kappa shape index (κ2) is 12.5. The maximum atomic E-state index is 14.4. The lowest BCUT2D eigenvalue weighted by Crippen LogP contribution is -2.55. The summed E-state index contributed by atoms with van der Waals surface area (Å²) in [7, 11) is 0. The Hall–Kier alpha value is -2.58. The fourth-order valence-electron chi connectivity index (χ4n) is 6.52. The quantitative estimate of drug-likeness (QED) is 0.217. The van der Waals surface area contributed by atoms with Crippen molar-refractivity contribution in [3.8, 4) is 0 Å². The average molecular weight is 541 g/mol. The zero-order chi connectivity index (χ0) is 27.3. The molecule has 0 aliphatic carbocycles. The van der Waals surface area contributed by atoms with Gasteiger partial charge in [-0.2, -0.15) is 0 Å². The highest BCUT2D eigenvalue weighted by molar-refractivity contribution is 8.02. The first kappa shape index (κ1) is 28.4. The van der Waals surface area contributed by atoms with E-state index < -0.39 is 28.7 Å². The maximum absolute atomic E-state index is 14.4. The topological polar surface area (TPSA) is 87.2 Å². The van der Waals surface area contributed by atoms with Gasteiger partial charge >= 0.3 is 5.97 Å². The number of nitrogens with zero attached hydrogens (tertiary/aromatic N) is 2. The van der Waals surface area contributed by atoms with E-state index in [2.05, 4.69) is 20.1 Å². The molecule has 1 N–H and O–H groups in total. The van der Waals surface area contributed by atoms with Crippen LogP contribution in [0.3, 0.4) is 0 Å². The van der Waals surface area contributed by atoms with Gasteiger partial charge < -0.3 is 19.6 Å². The zero-order valence-electron chi connectivity index (χ0n) is 22.3. The van der Waals surface area contributed by atoms with Crippen LogP contribution >= 0.6 is 11.8 Å². The maximum Gasteiger partial charge on any atom is 0.310 e. The molecule has 3 fully saturated rings. The molecule has 0 radical (unpaired) electrons. The van der Waals surface area contributed by atoms with Gasteiger partial charge in [-0.3, -0.25) is 14.4 Å². The molecule has 2 unspecified atom stereocenters. The van der Waals surface area contributed by atoms with Crippen LogP contribution in [0.1, 0.15) is 57.1 Å². The lowest BCUT2D eigenvalue weighted by atomic mass is 9.71. The number of ether oxygens (including phenoxy) is 1. The number of carbonyl (C=O) groups is 3. The van der Waals surface area contributed by atoms with Gasteiger partial charge in [0.1, 0.15) is 6.04 Å². The van der Waals surface area contributed by atoms with Crippen molar-refractivity contribution in [1.29, 1.82) is 0 Å². The lowest BCUT2D eigenvalue weighted by molar-refractivity contribution is -0.154. The van der Waals surface area contributed by atoms with Gasteiger partial charge in [0.25, 0.3) is 0 Å². The number of benzene rings is 1. The van der Waals surface area contributed by atoms with Crippen LogP contribution in [0.4, 0.5) is 0 Å². The molecule has 2 bridgehead atoms. The molecule has 3 saturated heterocycles. The number of thioether (sulfide) groups is 1. The Morgan fingerprint density at radius 1 is 1.26 bits per heavy atom. The highest BCUT2D eigenvalue weighted by atomic mass is 32.2. The summed E-state index contributed by atoms with van der Waals surface area (Å²) >= 11 is 1.62. The number of aliphatic hydroxyl groups is 1. The van der Waals surface area contributed by atoms with E-state index in [-0.39, 0.29) is 36.2 Å². The Morgan fingerprint density at radius 2 is 2.03 bits per heavy atom. The normalized spacial score (nSPS) is 28.2. The SMILES string of the molecule is C=CCCOC(=O)[C@@H]1[C@@H]2CCC3(S2)C(C(=O)N(CC=C)CCCCC)N([C@H](CO)c2ccccc2)C(=O)[C@H]13. The molecule has 38 heavy (non-hydrogen) atoms. The van der Waals surface area contributed by atoms with E-state index in [0.717, 1.165) is 31.2 Å². The predicted molar refractivity (Wildman–Crippen MR) is 149 cm³/mol. The van der Waals surface area contributed by atoms with Crippen molar-refractivity contribution >= 4 is 29.5 Å². The minimum Gasteiger partial charge on any atom is -0.465 e. The van der Waals surface area contributed by atoms with Gasteiger partial charge in [0.15, 0.2) is 0 Å². The number of rotatable bonds is 14. The summed E-state index contributed by atoms with van der Waals surface area (Å²) in [4.78, 5) is 45.5. The minimum atomic E-state index is -0.778. The van der Waals surface area contributed by atoms with E-state index in [1.807, 2.05) is 30.3 Å². The third-order valence-corrected chi connectivity index (χ3v) is 10.1. The number of carbonyl (C=O) groups excluding carboxylic acids is 3. The van der Waals surface area contributed by atoms with E-state index in [1.165, 1.54) is 0 Å². The molecule has 1 aromatic rings. The first-order valence-electron chi connectivity index (χ1n) is 13.8. The summed E-state index contributed by atoms with van der Waals surface area (Å²) in [6.07, 6.45) is 8.28. The molecule has 7 nitrogen and oxygen atoms in total. The van der Waals surface area contributed by atoms with Crippen LogP contribution in [0, 0.1) is 11.8 Å². The number of amides is 2. The average Bonchev–Trinajstić information content (AvgIpc) is 3.57. The van der Waals surface area contributed by atoms with Crippen LogP contribution in [0.2, 0.25) is 0 Å². The number of fused-ring (bicyclic) bond motifs is 1. The number of aliphatic hydroxyl groups excluding tert-OH is 1. The van der Waals surface area contributed by atoms with Gasteiger partial charge in [0.2, 0.25) is 11.8 Å². The van der Waals surface area contributed by atoms with Gasteiger partial charge in [-0.15, -0.1) is 24.9 Å². The largest absolute Gasteiger partial charge is 0.465 e. The van der Waals surface area contributed by atoms with Crippen LogP contribution in [0.15, 0.2) is 55.6 Å². The summed E-state index contributed by atoms with van der Waals surface area (Å²) in [5, 5.41) is 10.5. The van der Waals surface area contributed by atoms with Crippen LogP contribution < -0.4 is 0 Å². The molecule has 4 rings (SSSR count). The highest BCUT2D eigenvalue weighted by Gasteiger charge is 2.74. The summed E-state index contributed by atoms with van der Waals surface area (Å²) in [5.74, 6) is -1.99. The zero-order valence-corrected chi connectivity index (χ0v) is 23.1. The smallest absolute Gasteiger partial charge is 0.310 e. The summed E-state index contributed by atoms with van der Waals surface area (Å²) in [6, 6.07) is 7.89. The fourth-order valence-corrected chi connectivity index (χ4v) is 8.70. The molecule has 3 heterocycles. The van der Waals surface area contributed by atoms with Crippen molar-refractivity contribution in [1.82, 2.24) is 9.80 Å². The Kier molecular flexibility index (Phi) is 9.36. The third-order valence-electron chi connectivity index (χ3n) is 8.20. The molecule has 0 aromatic heterocycles. The van der Waals surface area contributed by atoms with Crippen molar-refractivity contribution in [3.63, 3.8) is 0 Å². The van der Waals surface area contributed by atoms with Crippen LogP contribution in [0.25, 0.3) is 0 Å². The van der Waals surface area contributed by atoms with Gasteiger partial charge in [-0.1, -0.05) is 62.2 Å². The Morgan fingerprint density at radius 3 is 2.68 bits per heavy atom. The Bertz CT molecular complexity index is 1030. The van der Waals surface area contributed by atoms with Crippen LogP contribution in [0.5, 0.6) is 0 Å². The number of hydrogen-bond donors (Lipinski definition) is 1. The summed E-state index contributed by atoms with van der Waals surface area (Å²) in [5.41, 5.74) is 0.767. The second-order valence-electron chi connectivity index (χ2n) is 10.4. The number of likely N-dealkylation sites (tertiary alicyclic amines) is 1. The number of hydrogen-bond acceptors (Lipinski definition) is 6. The molecule has 6 atom stereocenters. The molecule has 0 saturated carbocycles. The first-order chi connectivity index (χ1) is 18.4. The van der Waals surface area contributed by atoms with Crippen LogP contribution in [-0.4, -0.2) is 75.0 Å². The van der Waals surface area contributed by atoms with E-state index in [9.17, 15) is 19.5 Å². The van der Waals surface area contributed by atoms with Crippen molar-refractivity contribution in [2.45, 2.75) is 67.5 Å². The van der Waals surface area contributed by atoms with Gasteiger partial charge in [0, 0.05) is 18.3 Å². The fraction of sp³-hybridized carbons (Fsp3) is 0.567. The summed E-state index contributed by atoms with van der Waals surface area (Å²) < 4.78 is 4.84. The lowest BCUT2D eigenvalue weighted by Gasteiger charge is -2.39. The van der Waals surface area contributed by atoms with Gasteiger partial charge in [-0.05, 0) is 31.2 Å². The van der Waals surface area contributed by atoms with Crippen molar-refractivity contribution < 1.29 is 24.2 Å². The highest BCUT2D eigenvalue weighted by Crippen LogP contribution is 2.67. The molecule has 1 aromatic carbocycles. The third kappa shape index (κ3) is 5.05. The van der Waals surface area contributed by atoms with E-state index in [4.69, 9.17) is 4.74 Å². The minimum absolute atomic E-state index is 0.0603. The molecule has 8 heteroatoms. The monoisotopic (exact) mass is 540 g/mol. The summed E-state index contributed by atoms with van der Waals surface area (Å²) in [6.45, 7) is 10.5. The van der Waals surface area contributed by atoms with E-state index in [0.29, 0.717) is 25.9 Å². The van der Waals surface area contributed by atoms with E-state index >= 15 is 0 Å². The second-order valence-corrected chi connectivity index (χ2v) is 12.0. The number of esters is 1. The molecule has 1 spiro atoms. The standard InChI is InChI=1S/C30H40N2O5S/c1-4-7-12-18-31(17-6-3)28(35)26-30-16-15-23(38-30)24(29(36)37-19-8-5-2)25(30)27(34)32(26)22(20-33)21-13-10-9-11-14-21/h5-6,9-11,13-14,22-26,33H,2-4,7-8,12,15-20H2,1H3/t22-,23+,24-,25+,26?,30?/m1/s1. The molecular weight excluding hydrogens is 500 g/mol. The first-order valence-corrected chi connectivity index (χ1v) is 14.7. The Labute approximate surface area is 230 Å². The number of unbranched alkanes of at least 4 members (excludes halogenated alkanes) is 2. The predicted octanol–water partition coefficient (Wildman–Crippen LogP) is 4.14. The molecule has 206 valence electrons.